The molecule has 0 aromatic heterocycles. The summed E-state index contributed by atoms with van der Waals surface area (Å²) in [5.74, 6) is -0.498. The first-order chi connectivity index (χ1) is 9.18. The molecule has 2 atom stereocenters. The smallest absolute Gasteiger partial charge is 0.306 e. The van der Waals surface area contributed by atoms with Gasteiger partial charge in [0.15, 0.2) is 0 Å². The number of amides is 1. The first-order valence-corrected chi connectivity index (χ1v) is 7.13. The summed E-state index contributed by atoms with van der Waals surface area (Å²) in [6.45, 7) is 7.34. The van der Waals surface area contributed by atoms with Crippen LogP contribution in [0.4, 0.5) is 0 Å². The monoisotopic (exact) mass is 280 g/mol. The second kappa shape index (κ2) is 6.25. The van der Waals surface area contributed by atoms with E-state index >= 15 is 0 Å². The number of nitrogens with zero attached hydrogens (tertiary/aromatic N) is 1. The van der Waals surface area contributed by atoms with Crippen LogP contribution in [-0.4, -0.2) is 23.0 Å². The van der Waals surface area contributed by atoms with E-state index in [0.29, 0.717) is 6.42 Å². The van der Waals surface area contributed by atoms with Crippen molar-refractivity contribution in [1.29, 1.82) is 5.26 Å². The molecular weight excluding hydrogens is 256 g/mol. The van der Waals surface area contributed by atoms with Crippen LogP contribution in [-0.2, 0) is 14.3 Å². The second-order valence-corrected chi connectivity index (χ2v) is 6.51. The minimum atomic E-state index is -0.759. The van der Waals surface area contributed by atoms with Gasteiger partial charge in [-0.1, -0.05) is 6.92 Å². The number of nitrogens with one attached hydrogen (secondary N) is 1. The van der Waals surface area contributed by atoms with Crippen LogP contribution < -0.4 is 5.32 Å². The highest BCUT2D eigenvalue weighted by molar-refractivity contribution is 5.82. The first-order valence-electron chi connectivity index (χ1n) is 7.13. The molecule has 1 amide bonds. The molecule has 0 bridgehead atoms. The molecule has 1 aliphatic rings. The zero-order valence-electron chi connectivity index (χ0n) is 12.8. The molecule has 1 fully saturated rings. The molecule has 0 aromatic rings. The largest absolute Gasteiger partial charge is 0.460 e. The van der Waals surface area contributed by atoms with Gasteiger partial charge in [-0.05, 0) is 46.0 Å². The highest BCUT2D eigenvalue weighted by atomic mass is 16.6. The van der Waals surface area contributed by atoms with Crippen LogP contribution in [0.25, 0.3) is 0 Å². The summed E-state index contributed by atoms with van der Waals surface area (Å²) in [5.41, 5.74) is -1.30. The maximum atomic E-state index is 11.9. The Balaban J connectivity index is 2.45. The molecule has 20 heavy (non-hydrogen) atoms. The Morgan fingerprint density at radius 1 is 1.40 bits per heavy atom. The average Bonchev–Trinajstić information content (AvgIpc) is 2.67. The number of rotatable bonds is 4. The fraction of sp³-hybridized carbons (Fsp3) is 0.800. The molecular formula is C15H24N2O3. The van der Waals surface area contributed by atoms with Crippen LogP contribution in [0, 0.1) is 17.2 Å². The van der Waals surface area contributed by atoms with Gasteiger partial charge in [-0.25, -0.2) is 0 Å². The summed E-state index contributed by atoms with van der Waals surface area (Å²) in [6, 6.07) is 2.24. The quantitative estimate of drug-likeness (QED) is 0.801. The molecule has 0 aromatic carbocycles. The normalized spacial score (nSPS) is 25.9. The van der Waals surface area contributed by atoms with Gasteiger partial charge in [0, 0.05) is 6.42 Å². The molecule has 1 saturated carbocycles. The van der Waals surface area contributed by atoms with Gasteiger partial charge in [0.25, 0.3) is 0 Å². The van der Waals surface area contributed by atoms with Crippen molar-refractivity contribution >= 4 is 11.9 Å². The van der Waals surface area contributed by atoms with E-state index in [1.165, 1.54) is 0 Å². The third-order valence-electron chi connectivity index (χ3n) is 3.59. The Morgan fingerprint density at radius 2 is 2.05 bits per heavy atom. The third kappa shape index (κ3) is 4.52. The van der Waals surface area contributed by atoms with Gasteiger partial charge >= 0.3 is 5.97 Å². The van der Waals surface area contributed by atoms with Gasteiger partial charge in [0.2, 0.25) is 5.91 Å². The topological polar surface area (TPSA) is 79.2 Å². The van der Waals surface area contributed by atoms with Crippen LogP contribution in [0.2, 0.25) is 0 Å². The van der Waals surface area contributed by atoms with E-state index in [4.69, 9.17) is 4.74 Å². The Labute approximate surface area is 120 Å². The predicted molar refractivity (Wildman–Crippen MR) is 74.6 cm³/mol. The Kier molecular flexibility index (Phi) is 5.15. The van der Waals surface area contributed by atoms with Crippen molar-refractivity contribution in [2.24, 2.45) is 5.92 Å². The lowest BCUT2D eigenvalue weighted by Gasteiger charge is -2.27. The van der Waals surface area contributed by atoms with Gasteiger partial charge in [0.1, 0.15) is 11.1 Å². The van der Waals surface area contributed by atoms with Crippen molar-refractivity contribution in [3.8, 4) is 6.07 Å². The number of ether oxygens (including phenoxy) is 1. The average molecular weight is 280 g/mol. The Morgan fingerprint density at radius 3 is 2.50 bits per heavy atom. The third-order valence-corrected chi connectivity index (χ3v) is 3.59. The zero-order chi connectivity index (χ0) is 15.4. The van der Waals surface area contributed by atoms with E-state index in [1.54, 1.807) is 20.8 Å². The highest BCUT2D eigenvalue weighted by Crippen LogP contribution is 2.34. The highest BCUT2D eigenvalue weighted by Gasteiger charge is 2.41. The lowest BCUT2D eigenvalue weighted by molar-refractivity contribution is -0.155. The van der Waals surface area contributed by atoms with Gasteiger partial charge < -0.3 is 10.1 Å². The van der Waals surface area contributed by atoms with Gasteiger partial charge in [-0.3, -0.25) is 9.59 Å². The number of carbonyl (C=O) groups is 2. The number of carbonyl (C=O) groups excluding carboxylic acids is 2. The molecule has 1 rings (SSSR count). The van der Waals surface area contributed by atoms with Crippen molar-refractivity contribution in [1.82, 2.24) is 5.32 Å². The number of hydrogen-bond donors (Lipinski definition) is 1. The maximum Gasteiger partial charge on any atom is 0.306 e. The molecule has 5 nitrogen and oxygen atoms in total. The summed E-state index contributed by atoms with van der Waals surface area (Å²) in [7, 11) is 0. The van der Waals surface area contributed by atoms with Crippen LogP contribution in [0.15, 0.2) is 0 Å². The molecule has 5 heteroatoms. The molecule has 2 unspecified atom stereocenters. The van der Waals surface area contributed by atoms with Crippen molar-refractivity contribution in [3.63, 3.8) is 0 Å². The number of esters is 1. The van der Waals surface area contributed by atoms with Crippen LogP contribution in [0.3, 0.4) is 0 Å². The molecule has 0 radical (unpaired) electrons. The van der Waals surface area contributed by atoms with E-state index < -0.39 is 17.1 Å². The van der Waals surface area contributed by atoms with Crippen molar-refractivity contribution in [2.45, 2.75) is 70.9 Å². The summed E-state index contributed by atoms with van der Waals surface area (Å²) >= 11 is 0. The fourth-order valence-corrected chi connectivity index (χ4v) is 2.48. The van der Waals surface area contributed by atoms with E-state index in [2.05, 4.69) is 11.4 Å². The van der Waals surface area contributed by atoms with E-state index in [-0.39, 0.29) is 24.7 Å². The van der Waals surface area contributed by atoms with Crippen molar-refractivity contribution in [2.75, 3.05) is 0 Å². The zero-order valence-corrected chi connectivity index (χ0v) is 12.8. The summed E-state index contributed by atoms with van der Waals surface area (Å²) in [4.78, 5) is 23.5. The fourth-order valence-electron chi connectivity index (χ4n) is 2.48. The molecule has 1 aliphatic carbocycles. The minimum absolute atomic E-state index is 0.0407. The van der Waals surface area contributed by atoms with Crippen LogP contribution >= 0.6 is 0 Å². The summed E-state index contributed by atoms with van der Waals surface area (Å²) in [6.07, 6.45) is 2.67. The van der Waals surface area contributed by atoms with Crippen LogP contribution in [0.1, 0.15) is 59.8 Å². The first kappa shape index (κ1) is 16.5. The van der Waals surface area contributed by atoms with Gasteiger partial charge in [-0.2, -0.15) is 5.26 Å². The molecule has 0 heterocycles. The molecule has 1 N–H and O–H groups in total. The van der Waals surface area contributed by atoms with Gasteiger partial charge in [0.05, 0.1) is 12.5 Å². The lowest BCUT2D eigenvalue weighted by atomic mass is 9.89. The predicted octanol–water partition coefficient (Wildman–Crippen LogP) is 2.31. The Hall–Kier alpha value is -1.57. The summed E-state index contributed by atoms with van der Waals surface area (Å²) in [5, 5.41) is 12.1. The molecule has 0 aliphatic heterocycles. The van der Waals surface area contributed by atoms with E-state index in [9.17, 15) is 14.9 Å². The van der Waals surface area contributed by atoms with E-state index in [1.807, 2.05) is 6.92 Å². The van der Waals surface area contributed by atoms with E-state index in [0.717, 1.165) is 12.8 Å². The molecule has 112 valence electrons. The number of nitriles is 1. The minimum Gasteiger partial charge on any atom is -0.460 e. The molecule has 0 spiro atoms. The SMILES string of the molecule is CC1CCCC1(C#N)NC(=O)CCC(=O)OC(C)(C)C. The molecule has 0 saturated heterocycles. The van der Waals surface area contributed by atoms with Gasteiger partial charge in [-0.15, -0.1) is 0 Å². The Bertz CT molecular complexity index is 420. The second-order valence-electron chi connectivity index (χ2n) is 6.51. The number of hydrogen-bond acceptors (Lipinski definition) is 4. The van der Waals surface area contributed by atoms with Crippen LogP contribution in [0.5, 0.6) is 0 Å². The summed E-state index contributed by atoms with van der Waals surface area (Å²) < 4.78 is 5.15. The lowest BCUT2D eigenvalue weighted by Crippen LogP contribution is -2.49. The van der Waals surface area contributed by atoms with Crippen molar-refractivity contribution < 1.29 is 14.3 Å². The maximum absolute atomic E-state index is 11.9. The van der Waals surface area contributed by atoms with Crippen molar-refractivity contribution in [3.05, 3.63) is 0 Å². The standard InChI is InChI=1S/C15H24N2O3/c1-11-6-5-9-15(11,10-16)17-12(18)7-8-13(19)20-14(2,3)4/h11H,5-9H2,1-4H3,(H,17,18).